The Morgan fingerprint density at radius 1 is 1.23 bits per heavy atom. The molecule has 2 fully saturated rings. The number of hydrogen-bond donors (Lipinski definition) is 2. The Hall–Kier alpha value is -3.30. The van der Waals surface area contributed by atoms with Gasteiger partial charge in [-0.05, 0) is 31.9 Å². The summed E-state index contributed by atoms with van der Waals surface area (Å²) in [6.07, 6.45) is 1.01. The van der Waals surface area contributed by atoms with E-state index in [2.05, 4.69) is 5.32 Å². The van der Waals surface area contributed by atoms with Gasteiger partial charge in [-0.1, -0.05) is 0 Å². The Kier molecular flexibility index (Phi) is 6.67. The second-order valence-electron chi connectivity index (χ2n) is 7.70. The van der Waals surface area contributed by atoms with Gasteiger partial charge in [0, 0.05) is 25.6 Å². The van der Waals surface area contributed by atoms with Crippen molar-refractivity contribution in [2.24, 2.45) is 5.92 Å². The van der Waals surface area contributed by atoms with Crippen LogP contribution in [0.5, 0.6) is 11.5 Å². The molecule has 0 aromatic heterocycles. The Balaban J connectivity index is 1.65. The minimum Gasteiger partial charge on any atom is -0.497 e. The van der Waals surface area contributed by atoms with Gasteiger partial charge in [0.2, 0.25) is 17.7 Å². The van der Waals surface area contributed by atoms with Gasteiger partial charge >= 0.3 is 5.97 Å². The monoisotopic (exact) mass is 433 g/mol. The van der Waals surface area contributed by atoms with E-state index in [-0.39, 0.29) is 18.9 Å². The lowest BCUT2D eigenvalue weighted by Crippen LogP contribution is -2.51. The van der Waals surface area contributed by atoms with Crippen LogP contribution in [0.2, 0.25) is 0 Å². The van der Waals surface area contributed by atoms with Crippen molar-refractivity contribution in [1.29, 1.82) is 0 Å². The maximum atomic E-state index is 12.7. The molecule has 2 aliphatic rings. The van der Waals surface area contributed by atoms with Crippen LogP contribution < -0.4 is 19.7 Å². The smallest absolute Gasteiger partial charge is 0.326 e. The van der Waals surface area contributed by atoms with Crippen LogP contribution in [-0.2, 0) is 19.2 Å². The molecule has 2 aliphatic heterocycles. The molecular formula is C21H27N3O7. The minimum absolute atomic E-state index is 0.00337. The Morgan fingerprint density at radius 2 is 1.97 bits per heavy atom. The van der Waals surface area contributed by atoms with Crippen LogP contribution in [-0.4, -0.2) is 73.1 Å². The van der Waals surface area contributed by atoms with Crippen molar-refractivity contribution in [2.75, 3.05) is 32.2 Å². The first-order valence-electron chi connectivity index (χ1n) is 10.1. The summed E-state index contributed by atoms with van der Waals surface area (Å²) in [5.41, 5.74) is 0.536. The van der Waals surface area contributed by atoms with Gasteiger partial charge in [0.15, 0.2) is 0 Å². The Morgan fingerprint density at radius 3 is 2.61 bits per heavy atom. The molecule has 3 amide bonds. The number of ether oxygens (including phenoxy) is 2. The number of amides is 3. The van der Waals surface area contributed by atoms with E-state index in [0.29, 0.717) is 36.6 Å². The first kappa shape index (κ1) is 22.4. The van der Waals surface area contributed by atoms with Gasteiger partial charge in [-0.3, -0.25) is 14.4 Å². The maximum Gasteiger partial charge on any atom is 0.326 e. The van der Waals surface area contributed by atoms with Gasteiger partial charge in [0.25, 0.3) is 0 Å². The number of carbonyl (C=O) groups is 4. The van der Waals surface area contributed by atoms with Crippen LogP contribution in [0.4, 0.5) is 5.69 Å². The number of likely N-dealkylation sites (tertiary alicyclic amines) is 1. The molecule has 0 bridgehead atoms. The summed E-state index contributed by atoms with van der Waals surface area (Å²) in [4.78, 5) is 52.1. The molecule has 168 valence electrons. The van der Waals surface area contributed by atoms with Gasteiger partial charge in [-0.25, -0.2) is 4.79 Å². The lowest BCUT2D eigenvalue weighted by Gasteiger charge is -2.26. The quantitative estimate of drug-likeness (QED) is 0.646. The Labute approximate surface area is 180 Å². The number of aliphatic carboxylic acids is 1. The maximum absolute atomic E-state index is 12.7. The van der Waals surface area contributed by atoms with E-state index < -0.39 is 35.8 Å². The molecule has 2 saturated heterocycles. The number of rotatable bonds is 7. The van der Waals surface area contributed by atoms with Gasteiger partial charge < -0.3 is 29.7 Å². The average Bonchev–Trinajstić information content (AvgIpc) is 3.39. The van der Waals surface area contributed by atoms with Crippen molar-refractivity contribution in [1.82, 2.24) is 10.2 Å². The zero-order valence-electron chi connectivity index (χ0n) is 17.8. The highest BCUT2D eigenvalue weighted by molar-refractivity contribution is 6.02. The summed E-state index contributed by atoms with van der Waals surface area (Å²) in [5.74, 6) is -1.74. The fraction of sp³-hybridized carbons (Fsp3) is 0.524. The molecule has 3 unspecified atom stereocenters. The van der Waals surface area contributed by atoms with E-state index in [4.69, 9.17) is 9.47 Å². The SMILES string of the molecule is COc1ccc(N2CC(C(=O)NC(C)C(=O)N3CCCC3C(=O)O)CC2=O)c(OC)c1. The number of anilines is 1. The van der Waals surface area contributed by atoms with Crippen LogP contribution >= 0.6 is 0 Å². The standard InChI is InChI=1S/C21H27N3O7/c1-12(20(27)23-8-4-5-16(23)21(28)29)22-19(26)13-9-18(25)24(11-13)15-7-6-14(30-2)10-17(15)31-3/h6-7,10,12-13,16H,4-5,8-9,11H2,1-3H3,(H,22,26)(H,28,29). The average molecular weight is 433 g/mol. The fourth-order valence-electron chi connectivity index (χ4n) is 4.05. The largest absolute Gasteiger partial charge is 0.497 e. The predicted molar refractivity (Wildman–Crippen MR) is 110 cm³/mol. The zero-order valence-corrected chi connectivity index (χ0v) is 17.8. The third-order valence-electron chi connectivity index (χ3n) is 5.72. The zero-order chi connectivity index (χ0) is 22.7. The van der Waals surface area contributed by atoms with Crippen LogP contribution in [0.3, 0.4) is 0 Å². The van der Waals surface area contributed by atoms with E-state index >= 15 is 0 Å². The molecular weight excluding hydrogens is 406 g/mol. The first-order chi connectivity index (χ1) is 14.8. The molecule has 0 saturated carbocycles. The number of carboxylic acid groups (broad SMARTS) is 1. The second-order valence-corrected chi connectivity index (χ2v) is 7.70. The number of carbonyl (C=O) groups excluding carboxylic acids is 3. The third kappa shape index (κ3) is 4.57. The van der Waals surface area contributed by atoms with Gasteiger partial charge in [-0.2, -0.15) is 0 Å². The lowest BCUT2D eigenvalue weighted by atomic mass is 10.1. The molecule has 1 aromatic rings. The van der Waals surface area contributed by atoms with E-state index in [9.17, 15) is 24.3 Å². The minimum atomic E-state index is -1.05. The number of hydrogen-bond acceptors (Lipinski definition) is 6. The molecule has 2 heterocycles. The number of carboxylic acids is 1. The van der Waals surface area contributed by atoms with Crippen molar-refractivity contribution in [3.8, 4) is 11.5 Å². The van der Waals surface area contributed by atoms with Gasteiger partial charge in [0.1, 0.15) is 23.6 Å². The summed E-state index contributed by atoms with van der Waals surface area (Å²) in [5, 5.41) is 11.9. The number of benzene rings is 1. The number of nitrogens with one attached hydrogen (secondary N) is 1. The third-order valence-corrected chi connectivity index (χ3v) is 5.72. The van der Waals surface area contributed by atoms with Crippen molar-refractivity contribution in [3.05, 3.63) is 18.2 Å². The normalized spacial score (nSPS) is 21.7. The van der Waals surface area contributed by atoms with Crippen LogP contribution in [0.15, 0.2) is 18.2 Å². The van der Waals surface area contributed by atoms with Crippen molar-refractivity contribution >= 4 is 29.4 Å². The summed E-state index contributed by atoms with van der Waals surface area (Å²) >= 11 is 0. The molecule has 2 N–H and O–H groups in total. The molecule has 0 radical (unpaired) electrons. The predicted octanol–water partition coefficient (Wildman–Crippen LogP) is 0.637. The number of methoxy groups -OCH3 is 2. The van der Waals surface area contributed by atoms with Crippen molar-refractivity contribution in [3.63, 3.8) is 0 Å². The van der Waals surface area contributed by atoms with Crippen molar-refractivity contribution < 1.29 is 33.8 Å². The van der Waals surface area contributed by atoms with E-state index in [1.165, 1.54) is 30.9 Å². The van der Waals surface area contributed by atoms with Crippen molar-refractivity contribution in [2.45, 2.75) is 38.3 Å². The molecule has 3 rings (SSSR count). The molecule has 0 aliphatic carbocycles. The van der Waals surface area contributed by atoms with Crippen LogP contribution in [0.25, 0.3) is 0 Å². The van der Waals surface area contributed by atoms with Crippen LogP contribution in [0, 0.1) is 5.92 Å². The molecule has 0 spiro atoms. The fourth-order valence-corrected chi connectivity index (χ4v) is 4.05. The van der Waals surface area contributed by atoms with E-state index in [1.807, 2.05) is 0 Å². The summed E-state index contributed by atoms with van der Waals surface area (Å²) < 4.78 is 10.5. The summed E-state index contributed by atoms with van der Waals surface area (Å²) in [6.45, 7) is 2.03. The second kappa shape index (κ2) is 9.23. The topological polar surface area (TPSA) is 125 Å². The van der Waals surface area contributed by atoms with Gasteiger partial charge in [-0.15, -0.1) is 0 Å². The highest BCUT2D eigenvalue weighted by Gasteiger charge is 2.39. The van der Waals surface area contributed by atoms with E-state index in [1.54, 1.807) is 18.2 Å². The van der Waals surface area contributed by atoms with Gasteiger partial charge in [0.05, 0.1) is 25.8 Å². The summed E-state index contributed by atoms with van der Waals surface area (Å²) in [7, 11) is 3.01. The summed E-state index contributed by atoms with van der Waals surface area (Å²) in [6, 6.07) is 3.31. The molecule has 3 atom stereocenters. The van der Waals surface area contributed by atoms with Crippen LogP contribution in [0.1, 0.15) is 26.2 Å². The molecule has 10 heteroatoms. The Bertz CT molecular complexity index is 888. The highest BCUT2D eigenvalue weighted by atomic mass is 16.5. The number of nitrogens with zero attached hydrogens (tertiary/aromatic N) is 2. The molecule has 31 heavy (non-hydrogen) atoms. The highest BCUT2D eigenvalue weighted by Crippen LogP contribution is 2.35. The first-order valence-corrected chi connectivity index (χ1v) is 10.1. The lowest BCUT2D eigenvalue weighted by molar-refractivity contribution is -0.149. The molecule has 10 nitrogen and oxygen atoms in total. The van der Waals surface area contributed by atoms with E-state index in [0.717, 1.165) is 0 Å². The molecule has 1 aromatic carbocycles.